The Hall–Kier alpha value is -1.02. The van der Waals surface area contributed by atoms with Crippen molar-refractivity contribution >= 4 is 5.69 Å². The highest BCUT2D eigenvalue weighted by Gasteiger charge is 2.17. The Labute approximate surface area is 106 Å². The van der Waals surface area contributed by atoms with E-state index in [1.807, 2.05) is 6.07 Å². The van der Waals surface area contributed by atoms with Crippen LogP contribution in [0.2, 0.25) is 0 Å². The summed E-state index contributed by atoms with van der Waals surface area (Å²) >= 11 is 0. The van der Waals surface area contributed by atoms with Crippen molar-refractivity contribution in [1.29, 1.82) is 0 Å². The fourth-order valence-electron chi connectivity index (χ4n) is 1.84. The van der Waals surface area contributed by atoms with Gasteiger partial charge >= 0.3 is 0 Å². The zero-order valence-corrected chi connectivity index (χ0v) is 11.8. The normalized spacial score (nSPS) is 15.0. The average molecular weight is 234 g/mol. The average Bonchev–Trinajstić information content (AvgIpc) is 2.35. The van der Waals surface area contributed by atoms with Gasteiger partial charge in [-0.15, -0.1) is 0 Å². The number of nitrogens with one attached hydrogen (secondary N) is 1. The van der Waals surface area contributed by atoms with Crippen molar-refractivity contribution < 1.29 is 0 Å². The van der Waals surface area contributed by atoms with Crippen LogP contribution in [-0.4, -0.2) is 30.6 Å². The minimum absolute atomic E-state index is 0.535. The van der Waals surface area contributed by atoms with Crippen molar-refractivity contribution in [2.45, 2.75) is 39.8 Å². The minimum Gasteiger partial charge on any atom is -0.383 e. The number of benzene rings is 1. The predicted octanol–water partition coefficient (Wildman–Crippen LogP) is 3.46. The third kappa shape index (κ3) is 4.39. The van der Waals surface area contributed by atoms with E-state index < -0.39 is 0 Å². The standard InChI is InChI=1S/C15H26N2/c1-12(2)14(4)17(5)13(3)11-16-15-9-7-6-8-10-15/h6-10,12-14,16H,11H2,1-5H3. The molecule has 2 unspecified atom stereocenters. The summed E-state index contributed by atoms with van der Waals surface area (Å²) in [4.78, 5) is 2.45. The van der Waals surface area contributed by atoms with Gasteiger partial charge in [-0.3, -0.25) is 4.90 Å². The molecule has 0 spiro atoms. The van der Waals surface area contributed by atoms with Crippen LogP contribution in [0.25, 0.3) is 0 Å². The van der Waals surface area contributed by atoms with E-state index in [4.69, 9.17) is 0 Å². The van der Waals surface area contributed by atoms with E-state index in [1.54, 1.807) is 0 Å². The van der Waals surface area contributed by atoms with Gasteiger partial charge in [-0.05, 0) is 38.9 Å². The van der Waals surface area contributed by atoms with Crippen molar-refractivity contribution in [2.24, 2.45) is 5.92 Å². The lowest BCUT2D eigenvalue weighted by molar-refractivity contribution is 0.164. The molecule has 96 valence electrons. The largest absolute Gasteiger partial charge is 0.383 e. The molecule has 0 radical (unpaired) electrons. The Kier molecular flexibility index (Phi) is 5.49. The van der Waals surface area contributed by atoms with E-state index in [0.29, 0.717) is 18.0 Å². The molecule has 2 heteroatoms. The molecule has 2 atom stereocenters. The van der Waals surface area contributed by atoms with Crippen LogP contribution in [0.15, 0.2) is 30.3 Å². The number of para-hydroxylation sites is 1. The molecule has 1 aromatic rings. The quantitative estimate of drug-likeness (QED) is 0.811. The van der Waals surface area contributed by atoms with Crippen LogP contribution in [0.4, 0.5) is 5.69 Å². The maximum absolute atomic E-state index is 3.48. The summed E-state index contributed by atoms with van der Waals surface area (Å²) in [6.45, 7) is 10.1. The van der Waals surface area contributed by atoms with Crippen LogP contribution in [0, 0.1) is 5.92 Å². The second-order valence-electron chi connectivity index (χ2n) is 5.25. The van der Waals surface area contributed by atoms with Crippen LogP contribution in [0.3, 0.4) is 0 Å². The number of hydrogen-bond acceptors (Lipinski definition) is 2. The third-order valence-corrected chi connectivity index (χ3v) is 3.68. The van der Waals surface area contributed by atoms with Crippen LogP contribution < -0.4 is 5.32 Å². The van der Waals surface area contributed by atoms with Crippen molar-refractivity contribution in [2.75, 3.05) is 18.9 Å². The number of nitrogens with zero attached hydrogens (tertiary/aromatic N) is 1. The summed E-state index contributed by atoms with van der Waals surface area (Å²) < 4.78 is 0. The summed E-state index contributed by atoms with van der Waals surface area (Å²) in [6, 6.07) is 11.5. The molecule has 0 saturated heterocycles. The van der Waals surface area contributed by atoms with Gasteiger partial charge in [0.15, 0.2) is 0 Å². The lowest BCUT2D eigenvalue weighted by atomic mass is 10.0. The minimum atomic E-state index is 0.535. The molecule has 0 aliphatic carbocycles. The first-order chi connectivity index (χ1) is 8.02. The van der Waals surface area contributed by atoms with Gasteiger partial charge in [0.1, 0.15) is 0 Å². The molecule has 1 N–H and O–H groups in total. The lowest BCUT2D eigenvalue weighted by Crippen LogP contribution is -2.43. The second kappa shape index (κ2) is 6.65. The van der Waals surface area contributed by atoms with Crippen LogP contribution >= 0.6 is 0 Å². The van der Waals surface area contributed by atoms with E-state index in [-0.39, 0.29) is 0 Å². The summed E-state index contributed by atoms with van der Waals surface area (Å²) in [6.07, 6.45) is 0. The summed E-state index contributed by atoms with van der Waals surface area (Å²) in [5.74, 6) is 0.694. The van der Waals surface area contributed by atoms with Crippen LogP contribution in [0.5, 0.6) is 0 Å². The topological polar surface area (TPSA) is 15.3 Å². The molecule has 2 nitrogen and oxygen atoms in total. The van der Waals surface area contributed by atoms with Crippen molar-refractivity contribution in [3.05, 3.63) is 30.3 Å². The fourth-order valence-corrected chi connectivity index (χ4v) is 1.84. The fraction of sp³-hybridized carbons (Fsp3) is 0.600. The van der Waals surface area contributed by atoms with E-state index in [1.165, 1.54) is 5.69 Å². The molecule has 0 heterocycles. The highest BCUT2D eigenvalue weighted by molar-refractivity contribution is 5.42. The maximum atomic E-state index is 3.48. The van der Waals surface area contributed by atoms with E-state index in [2.05, 4.69) is 69.2 Å². The van der Waals surface area contributed by atoms with Gasteiger partial charge in [0.2, 0.25) is 0 Å². The van der Waals surface area contributed by atoms with Gasteiger partial charge in [0.05, 0.1) is 0 Å². The zero-order chi connectivity index (χ0) is 12.8. The SMILES string of the molecule is CC(C)C(C)N(C)C(C)CNc1ccccc1. The van der Waals surface area contributed by atoms with Crippen molar-refractivity contribution in [1.82, 2.24) is 4.90 Å². The Morgan fingerprint density at radius 2 is 1.65 bits per heavy atom. The first-order valence-electron chi connectivity index (χ1n) is 6.53. The maximum Gasteiger partial charge on any atom is 0.0340 e. The van der Waals surface area contributed by atoms with Gasteiger partial charge in [0.25, 0.3) is 0 Å². The summed E-state index contributed by atoms with van der Waals surface area (Å²) in [5, 5.41) is 3.48. The molecule has 0 amide bonds. The Morgan fingerprint density at radius 1 is 1.06 bits per heavy atom. The molecular weight excluding hydrogens is 208 g/mol. The smallest absolute Gasteiger partial charge is 0.0340 e. The van der Waals surface area contributed by atoms with Gasteiger partial charge < -0.3 is 5.32 Å². The molecule has 0 bridgehead atoms. The Balaban J connectivity index is 2.41. The molecule has 17 heavy (non-hydrogen) atoms. The Morgan fingerprint density at radius 3 is 2.18 bits per heavy atom. The van der Waals surface area contributed by atoms with Gasteiger partial charge in [-0.1, -0.05) is 32.0 Å². The molecule has 0 aliphatic heterocycles. The number of hydrogen-bond donors (Lipinski definition) is 1. The second-order valence-corrected chi connectivity index (χ2v) is 5.25. The molecule has 0 aromatic heterocycles. The van der Waals surface area contributed by atoms with E-state index in [9.17, 15) is 0 Å². The summed E-state index contributed by atoms with van der Waals surface area (Å²) in [7, 11) is 2.21. The first kappa shape index (κ1) is 14.0. The van der Waals surface area contributed by atoms with Gasteiger partial charge in [-0.25, -0.2) is 0 Å². The third-order valence-electron chi connectivity index (χ3n) is 3.68. The monoisotopic (exact) mass is 234 g/mol. The van der Waals surface area contributed by atoms with Crippen molar-refractivity contribution in [3.63, 3.8) is 0 Å². The highest BCUT2D eigenvalue weighted by atomic mass is 15.2. The zero-order valence-electron chi connectivity index (χ0n) is 11.8. The van der Waals surface area contributed by atoms with E-state index >= 15 is 0 Å². The molecule has 0 fully saturated rings. The lowest BCUT2D eigenvalue weighted by Gasteiger charge is -2.33. The Bertz CT molecular complexity index is 308. The van der Waals surface area contributed by atoms with Crippen molar-refractivity contribution in [3.8, 4) is 0 Å². The first-order valence-corrected chi connectivity index (χ1v) is 6.53. The molecule has 1 rings (SSSR count). The van der Waals surface area contributed by atoms with Crippen LogP contribution in [-0.2, 0) is 0 Å². The van der Waals surface area contributed by atoms with Gasteiger partial charge in [-0.2, -0.15) is 0 Å². The predicted molar refractivity (Wildman–Crippen MR) is 76.5 cm³/mol. The highest BCUT2D eigenvalue weighted by Crippen LogP contribution is 2.12. The number of likely N-dealkylation sites (N-methyl/N-ethyl adjacent to an activating group) is 1. The molecule has 0 saturated carbocycles. The van der Waals surface area contributed by atoms with E-state index in [0.717, 1.165) is 6.54 Å². The van der Waals surface area contributed by atoms with Crippen LogP contribution in [0.1, 0.15) is 27.7 Å². The molecule has 0 aliphatic rings. The van der Waals surface area contributed by atoms with Gasteiger partial charge in [0, 0.05) is 24.3 Å². The number of rotatable bonds is 6. The molecule has 1 aromatic carbocycles. The summed E-state index contributed by atoms with van der Waals surface area (Å²) in [5.41, 5.74) is 1.20. The molecular formula is C15H26N2. The number of anilines is 1.